The number of hydrogen-bond acceptors (Lipinski definition) is 4. The third-order valence-electron chi connectivity index (χ3n) is 2.94. The fourth-order valence-electron chi connectivity index (χ4n) is 2.05. The molecule has 17 heavy (non-hydrogen) atoms. The summed E-state index contributed by atoms with van der Waals surface area (Å²) in [5.41, 5.74) is -0.189. The first-order chi connectivity index (χ1) is 8.09. The number of nitro groups is 1. The van der Waals surface area contributed by atoms with Crippen LogP contribution in [-0.4, -0.2) is 29.2 Å². The third kappa shape index (κ3) is 2.36. The third-order valence-corrected chi connectivity index (χ3v) is 2.94. The van der Waals surface area contributed by atoms with Crippen molar-refractivity contribution in [2.24, 2.45) is 0 Å². The zero-order chi connectivity index (χ0) is 12.4. The maximum absolute atomic E-state index is 13.7. The summed E-state index contributed by atoms with van der Waals surface area (Å²) in [4.78, 5) is 11.9. The number of halogens is 1. The van der Waals surface area contributed by atoms with E-state index >= 15 is 0 Å². The number of rotatable bonds is 2. The Morgan fingerprint density at radius 3 is 2.65 bits per heavy atom. The van der Waals surface area contributed by atoms with Crippen molar-refractivity contribution >= 4 is 11.4 Å². The summed E-state index contributed by atoms with van der Waals surface area (Å²) in [6.07, 6.45) is 0.619. The fourth-order valence-corrected chi connectivity index (χ4v) is 2.05. The summed E-state index contributed by atoms with van der Waals surface area (Å²) in [5.74, 6) is -0.587. The highest BCUT2D eigenvalue weighted by Crippen LogP contribution is 2.32. The second-order valence-corrected chi connectivity index (χ2v) is 4.08. The highest BCUT2D eigenvalue weighted by atomic mass is 19.1. The first-order valence-corrected chi connectivity index (χ1v) is 5.45. The molecule has 2 rings (SSSR count). The van der Waals surface area contributed by atoms with Crippen LogP contribution < -0.4 is 4.90 Å². The Bertz CT molecular complexity index is 431. The monoisotopic (exact) mass is 240 g/mol. The molecule has 0 amide bonds. The van der Waals surface area contributed by atoms with Gasteiger partial charge in [-0.3, -0.25) is 10.1 Å². The molecule has 1 aliphatic heterocycles. The van der Waals surface area contributed by atoms with Crippen LogP contribution in [0.15, 0.2) is 18.2 Å². The summed E-state index contributed by atoms with van der Waals surface area (Å²) >= 11 is 0. The van der Waals surface area contributed by atoms with Gasteiger partial charge in [-0.15, -0.1) is 0 Å². The van der Waals surface area contributed by atoms with E-state index in [0.717, 1.165) is 0 Å². The summed E-state index contributed by atoms with van der Waals surface area (Å²) in [5, 5.41) is 20.2. The van der Waals surface area contributed by atoms with Gasteiger partial charge in [0.1, 0.15) is 0 Å². The molecule has 1 aliphatic rings. The molecule has 5 nitrogen and oxygen atoms in total. The Hall–Kier alpha value is -1.69. The van der Waals surface area contributed by atoms with E-state index < -0.39 is 16.8 Å². The summed E-state index contributed by atoms with van der Waals surface area (Å²) < 4.78 is 13.7. The van der Waals surface area contributed by atoms with Crippen molar-refractivity contribution in [3.63, 3.8) is 0 Å². The van der Waals surface area contributed by atoms with Gasteiger partial charge in [0.15, 0.2) is 11.5 Å². The van der Waals surface area contributed by atoms with Gasteiger partial charge >= 0.3 is 0 Å². The number of para-hydroxylation sites is 1. The molecule has 1 aromatic carbocycles. The van der Waals surface area contributed by atoms with Crippen molar-refractivity contribution in [2.75, 3.05) is 18.0 Å². The summed E-state index contributed by atoms with van der Waals surface area (Å²) in [7, 11) is 0. The van der Waals surface area contributed by atoms with Crippen molar-refractivity contribution in [1.29, 1.82) is 0 Å². The molecule has 0 spiro atoms. The topological polar surface area (TPSA) is 66.6 Å². The van der Waals surface area contributed by atoms with Gasteiger partial charge < -0.3 is 10.0 Å². The van der Waals surface area contributed by atoms with Crippen LogP contribution in [0.3, 0.4) is 0 Å². The number of benzene rings is 1. The van der Waals surface area contributed by atoms with Gasteiger partial charge in [-0.2, -0.15) is 0 Å². The van der Waals surface area contributed by atoms with Crippen LogP contribution in [0, 0.1) is 15.9 Å². The van der Waals surface area contributed by atoms with E-state index in [1.807, 2.05) is 0 Å². The van der Waals surface area contributed by atoms with Crippen LogP contribution in [0.5, 0.6) is 0 Å². The van der Waals surface area contributed by atoms with Crippen LogP contribution in [0.4, 0.5) is 15.8 Å². The number of anilines is 1. The van der Waals surface area contributed by atoms with Crippen molar-refractivity contribution in [3.8, 4) is 0 Å². The lowest BCUT2D eigenvalue weighted by Crippen LogP contribution is -2.36. The van der Waals surface area contributed by atoms with E-state index in [-0.39, 0.29) is 11.4 Å². The first-order valence-electron chi connectivity index (χ1n) is 5.45. The van der Waals surface area contributed by atoms with E-state index in [0.29, 0.717) is 25.9 Å². The molecule has 0 aromatic heterocycles. The van der Waals surface area contributed by atoms with Crippen LogP contribution in [0.25, 0.3) is 0 Å². The lowest BCUT2D eigenvalue weighted by atomic mass is 10.1. The molecule has 0 atom stereocenters. The minimum Gasteiger partial charge on any atom is -0.393 e. The Morgan fingerprint density at radius 1 is 1.41 bits per heavy atom. The highest BCUT2D eigenvalue weighted by Gasteiger charge is 2.26. The molecule has 1 N–H and O–H groups in total. The Kier molecular flexibility index (Phi) is 3.23. The number of nitrogens with zero attached hydrogens (tertiary/aromatic N) is 2. The van der Waals surface area contributed by atoms with Crippen molar-refractivity contribution in [1.82, 2.24) is 0 Å². The second-order valence-electron chi connectivity index (χ2n) is 4.08. The average molecular weight is 240 g/mol. The summed E-state index contributed by atoms with van der Waals surface area (Å²) in [6, 6.07) is 3.84. The van der Waals surface area contributed by atoms with E-state index in [1.54, 1.807) is 4.90 Å². The van der Waals surface area contributed by atoms with Crippen LogP contribution >= 0.6 is 0 Å². The zero-order valence-corrected chi connectivity index (χ0v) is 9.17. The molecular formula is C11H13FN2O3. The molecule has 0 bridgehead atoms. The number of aliphatic hydroxyl groups is 1. The molecule has 0 saturated carbocycles. The average Bonchev–Trinajstić information content (AvgIpc) is 2.30. The molecule has 1 heterocycles. The van der Waals surface area contributed by atoms with Gasteiger partial charge in [-0.1, -0.05) is 6.07 Å². The van der Waals surface area contributed by atoms with Gasteiger partial charge in [0, 0.05) is 19.2 Å². The van der Waals surface area contributed by atoms with Crippen molar-refractivity contribution < 1.29 is 14.4 Å². The summed E-state index contributed by atoms with van der Waals surface area (Å²) in [6.45, 7) is 0.867. The van der Waals surface area contributed by atoms with Gasteiger partial charge in [-0.25, -0.2) is 4.39 Å². The number of nitro benzene ring substituents is 1. The molecule has 1 fully saturated rings. The lowest BCUT2D eigenvalue weighted by Gasteiger charge is -2.31. The first kappa shape index (κ1) is 11.8. The lowest BCUT2D eigenvalue weighted by molar-refractivity contribution is -0.384. The van der Waals surface area contributed by atoms with E-state index in [9.17, 15) is 19.6 Å². The quantitative estimate of drug-likeness (QED) is 0.631. The minimum absolute atomic E-state index is 0.0319. The molecule has 0 radical (unpaired) electrons. The number of aliphatic hydroxyl groups excluding tert-OH is 1. The number of hydrogen-bond donors (Lipinski definition) is 1. The van der Waals surface area contributed by atoms with Gasteiger partial charge in [0.25, 0.3) is 5.69 Å². The smallest absolute Gasteiger partial charge is 0.295 e. The molecule has 1 saturated heterocycles. The zero-order valence-electron chi connectivity index (χ0n) is 9.17. The molecule has 92 valence electrons. The van der Waals surface area contributed by atoms with Crippen molar-refractivity contribution in [3.05, 3.63) is 34.1 Å². The second kappa shape index (κ2) is 4.67. The van der Waals surface area contributed by atoms with E-state index in [1.165, 1.54) is 18.2 Å². The Labute approximate surface area is 97.6 Å². The Morgan fingerprint density at radius 2 is 2.06 bits per heavy atom. The molecular weight excluding hydrogens is 227 g/mol. The predicted molar refractivity (Wildman–Crippen MR) is 60.5 cm³/mol. The molecule has 6 heteroatoms. The normalized spacial score (nSPS) is 17.2. The van der Waals surface area contributed by atoms with Crippen LogP contribution in [0.1, 0.15) is 12.8 Å². The van der Waals surface area contributed by atoms with Crippen LogP contribution in [0.2, 0.25) is 0 Å². The standard InChI is InChI=1S/C11H13FN2O3/c12-9-2-1-3-10(14(16)17)11(9)13-6-4-8(15)5-7-13/h1-3,8,15H,4-7H2. The molecule has 0 unspecified atom stereocenters. The largest absolute Gasteiger partial charge is 0.393 e. The maximum atomic E-state index is 13.7. The maximum Gasteiger partial charge on any atom is 0.295 e. The highest BCUT2D eigenvalue weighted by molar-refractivity contribution is 5.64. The Balaban J connectivity index is 2.33. The van der Waals surface area contributed by atoms with Crippen molar-refractivity contribution in [2.45, 2.75) is 18.9 Å². The minimum atomic E-state index is -0.587. The number of piperidine rings is 1. The van der Waals surface area contributed by atoms with Gasteiger partial charge in [0.2, 0.25) is 0 Å². The van der Waals surface area contributed by atoms with E-state index in [4.69, 9.17) is 0 Å². The van der Waals surface area contributed by atoms with Crippen LogP contribution in [-0.2, 0) is 0 Å². The fraction of sp³-hybridized carbons (Fsp3) is 0.455. The van der Waals surface area contributed by atoms with Gasteiger partial charge in [-0.05, 0) is 18.9 Å². The predicted octanol–water partition coefficient (Wildman–Crippen LogP) is 1.70. The molecule has 1 aromatic rings. The SMILES string of the molecule is O=[N+]([O-])c1cccc(F)c1N1CCC(O)CC1. The molecule has 0 aliphatic carbocycles. The van der Waals surface area contributed by atoms with Gasteiger partial charge in [0.05, 0.1) is 11.0 Å². The van der Waals surface area contributed by atoms with E-state index in [2.05, 4.69) is 0 Å².